The summed E-state index contributed by atoms with van der Waals surface area (Å²) in [4.78, 5) is 42.5. The van der Waals surface area contributed by atoms with Crippen LogP contribution >= 0.6 is 0 Å². The number of carbonyl (C=O) groups excluding carboxylic acids is 3. The second-order valence-electron chi connectivity index (χ2n) is 10.7. The molecule has 0 saturated carbocycles. The number of hydrogen-bond donors (Lipinski definition) is 0. The van der Waals surface area contributed by atoms with Crippen LogP contribution in [-0.4, -0.2) is 37.5 Å². The van der Waals surface area contributed by atoms with E-state index in [1.807, 2.05) is 91.0 Å². The molecule has 0 unspecified atom stereocenters. The first-order valence-electron chi connectivity index (χ1n) is 14.7. The van der Waals surface area contributed by atoms with Crippen LogP contribution in [0.15, 0.2) is 158 Å². The zero-order chi connectivity index (χ0) is 31.5. The SMILES string of the molecule is O=C([O][Sn]([O]C(=O)c1cccc2ccccc12)([O]C(=O)c1cccc2ccccc12)[c]1ccccc1)c1cccc2ccccc12. The summed E-state index contributed by atoms with van der Waals surface area (Å²) in [6.45, 7) is 0. The number of rotatable bonds is 7. The van der Waals surface area contributed by atoms with Crippen molar-refractivity contribution in [3.63, 3.8) is 0 Å². The van der Waals surface area contributed by atoms with Gasteiger partial charge in [0.2, 0.25) is 0 Å². The van der Waals surface area contributed by atoms with Gasteiger partial charge in [0.1, 0.15) is 0 Å². The van der Waals surface area contributed by atoms with Gasteiger partial charge in [-0.05, 0) is 0 Å². The normalized spacial score (nSPS) is 11.3. The monoisotopic (exact) mass is 710 g/mol. The van der Waals surface area contributed by atoms with E-state index >= 15 is 0 Å². The van der Waals surface area contributed by atoms with Crippen molar-refractivity contribution in [1.82, 2.24) is 0 Å². The molecular weight excluding hydrogens is 683 g/mol. The molecule has 0 heterocycles. The average Bonchev–Trinajstić information content (AvgIpc) is 3.11. The Morgan fingerprint density at radius 3 is 1.02 bits per heavy atom. The molecule has 7 aromatic rings. The van der Waals surface area contributed by atoms with Gasteiger partial charge < -0.3 is 0 Å². The van der Waals surface area contributed by atoms with Crippen molar-refractivity contribution in [3.8, 4) is 0 Å². The van der Waals surface area contributed by atoms with Gasteiger partial charge in [-0.25, -0.2) is 0 Å². The molecule has 46 heavy (non-hydrogen) atoms. The van der Waals surface area contributed by atoms with Gasteiger partial charge in [0.15, 0.2) is 0 Å². The van der Waals surface area contributed by atoms with Crippen LogP contribution in [0.1, 0.15) is 31.1 Å². The van der Waals surface area contributed by atoms with E-state index in [0.717, 1.165) is 16.2 Å². The van der Waals surface area contributed by atoms with Gasteiger partial charge in [-0.3, -0.25) is 0 Å². The quantitative estimate of drug-likeness (QED) is 0.157. The van der Waals surface area contributed by atoms with Crippen molar-refractivity contribution >= 4 is 73.4 Å². The molecule has 0 radical (unpaired) electrons. The molecule has 0 spiro atoms. The molecule has 0 bridgehead atoms. The van der Waals surface area contributed by atoms with E-state index in [2.05, 4.69) is 0 Å². The van der Waals surface area contributed by atoms with Crippen LogP contribution < -0.4 is 3.58 Å². The van der Waals surface area contributed by atoms with Crippen molar-refractivity contribution in [2.75, 3.05) is 0 Å². The second kappa shape index (κ2) is 12.5. The standard InChI is InChI=1S/3C11H8O2.C6H5.Sn/c3*12-11(13)10-7-3-5-8-4-1-2-6-9(8)10;1-2-4-6-5-3-1;/h3*1-7H,(H,12,13);1-5H;/q;;;;+3/p-3. The summed E-state index contributed by atoms with van der Waals surface area (Å²) in [5.41, 5.74) is 0.785. The van der Waals surface area contributed by atoms with E-state index in [1.54, 1.807) is 66.7 Å². The maximum absolute atomic E-state index is 14.2. The third-order valence-electron chi connectivity index (χ3n) is 7.84. The predicted octanol–water partition coefficient (Wildman–Crippen LogP) is 7.86. The Kier molecular flexibility index (Phi) is 7.95. The Morgan fingerprint density at radius 1 is 0.348 bits per heavy atom. The van der Waals surface area contributed by atoms with Gasteiger partial charge in [-0.1, -0.05) is 0 Å². The molecule has 0 aliphatic heterocycles. The van der Waals surface area contributed by atoms with Crippen molar-refractivity contribution in [2.45, 2.75) is 0 Å². The first-order chi connectivity index (χ1) is 22.5. The van der Waals surface area contributed by atoms with Gasteiger partial charge >= 0.3 is 271 Å². The van der Waals surface area contributed by atoms with Gasteiger partial charge in [0.25, 0.3) is 0 Å². The third-order valence-corrected chi connectivity index (χ3v) is 14.7. The topological polar surface area (TPSA) is 78.9 Å². The molecule has 0 saturated heterocycles. The molecule has 0 fully saturated rings. The van der Waals surface area contributed by atoms with Crippen LogP contribution in [0.3, 0.4) is 0 Å². The zero-order valence-corrected chi connectivity index (χ0v) is 27.3. The molecule has 0 aliphatic carbocycles. The molecule has 0 aromatic heterocycles. The summed E-state index contributed by atoms with van der Waals surface area (Å²) in [5, 5.41) is 4.46. The van der Waals surface area contributed by atoms with Crippen LogP contribution in [0.2, 0.25) is 0 Å². The fourth-order valence-electron chi connectivity index (χ4n) is 5.62. The molecule has 6 nitrogen and oxygen atoms in total. The summed E-state index contributed by atoms with van der Waals surface area (Å²) in [6, 6.07) is 46.7. The Labute approximate surface area is 270 Å². The van der Waals surface area contributed by atoms with Crippen LogP contribution in [0, 0.1) is 0 Å². The summed E-state index contributed by atoms with van der Waals surface area (Å²) in [5.74, 6) is -2.27. The minimum absolute atomic E-state index is 0.262. The molecule has 0 N–H and O–H groups in total. The predicted molar refractivity (Wildman–Crippen MR) is 180 cm³/mol. The van der Waals surface area contributed by atoms with Crippen molar-refractivity contribution < 1.29 is 23.6 Å². The van der Waals surface area contributed by atoms with E-state index in [9.17, 15) is 14.4 Å². The van der Waals surface area contributed by atoms with Gasteiger partial charge in [0, 0.05) is 0 Å². The van der Waals surface area contributed by atoms with E-state index in [4.69, 9.17) is 9.22 Å². The number of fused-ring (bicyclic) bond motifs is 3. The summed E-state index contributed by atoms with van der Waals surface area (Å²) >= 11 is -5.81. The van der Waals surface area contributed by atoms with Crippen LogP contribution in [-0.2, 0) is 9.22 Å². The van der Waals surface area contributed by atoms with Crippen LogP contribution in [0.25, 0.3) is 32.3 Å². The minimum atomic E-state index is -5.81. The van der Waals surface area contributed by atoms with Gasteiger partial charge in [-0.2, -0.15) is 0 Å². The van der Waals surface area contributed by atoms with Gasteiger partial charge in [-0.15, -0.1) is 0 Å². The molecule has 7 rings (SSSR count). The van der Waals surface area contributed by atoms with Gasteiger partial charge in [0.05, 0.1) is 0 Å². The van der Waals surface area contributed by atoms with Crippen molar-refractivity contribution in [2.24, 2.45) is 0 Å². The Hall–Kier alpha value is -5.47. The Balaban J connectivity index is 1.38. The fraction of sp³-hybridized carbons (Fsp3) is 0. The second-order valence-corrected chi connectivity index (χ2v) is 17.2. The molecular formula is C39H26O6Sn. The zero-order valence-electron chi connectivity index (χ0n) is 24.5. The summed E-state index contributed by atoms with van der Waals surface area (Å²) in [7, 11) is 0. The van der Waals surface area contributed by atoms with Crippen LogP contribution in [0.4, 0.5) is 0 Å². The summed E-state index contributed by atoms with van der Waals surface area (Å²) in [6.07, 6.45) is 0. The van der Waals surface area contributed by atoms with Crippen molar-refractivity contribution in [1.29, 1.82) is 0 Å². The van der Waals surface area contributed by atoms with E-state index in [-0.39, 0.29) is 16.7 Å². The third kappa shape index (κ3) is 5.59. The first-order valence-corrected chi connectivity index (χ1v) is 19.6. The van der Waals surface area contributed by atoms with Crippen molar-refractivity contribution in [3.05, 3.63) is 174 Å². The summed E-state index contributed by atoms with van der Waals surface area (Å²) < 4.78 is 19.3. The molecule has 0 atom stereocenters. The number of benzene rings is 7. The molecule has 222 valence electrons. The molecule has 7 aromatic carbocycles. The molecule has 0 aliphatic rings. The van der Waals surface area contributed by atoms with E-state index in [1.165, 1.54) is 0 Å². The Bertz CT molecular complexity index is 2020. The average molecular weight is 709 g/mol. The fourth-order valence-corrected chi connectivity index (χ4v) is 11.7. The van der Waals surface area contributed by atoms with Crippen LogP contribution in [0.5, 0.6) is 0 Å². The molecule has 0 amide bonds. The van der Waals surface area contributed by atoms with E-state index < -0.39 is 37.5 Å². The van der Waals surface area contributed by atoms with E-state index in [0.29, 0.717) is 19.7 Å². The first kappa shape index (κ1) is 29.3. The molecule has 7 heteroatoms. The number of carbonyl (C=O) groups is 3. The number of hydrogen-bond acceptors (Lipinski definition) is 6. The Morgan fingerprint density at radius 2 is 0.652 bits per heavy atom. The maximum atomic E-state index is 14.2.